The molecule has 1 aromatic heterocycles. The average molecular weight is 250 g/mol. The van der Waals surface area contributed by atoms with Crippen molar-refractivity contribution in [1.82, 2.24) is 9.88 Å². The van der Waals surface area contributed by atoms with Gasteiger partial charge in [0, 0.05) is 19.3 Å². The summed E-state index contributed by atoms with van der Waals surface area (Å²) >= 11 is 0. The summed E-state index contributed by atoms with van der Waals surface area (Å²) in [4.78, 5) is 17.4. The standard InChI is InChI=1S/C13H18N2O3/c1-2-15-8-5-10(6-9-15)18-12-11(13(16)17)4-3-7-14-12/h3-4,7,10H,2,5-6,8-9H2,1H3,(H,16,17). The predicted octanol–water partition coefficient (Wildman–Crippen LogP) is 1.64. The van der Waals surface area contributed by atoms with E-state index in [0.29, 0.717) is 0 Å². The summed E-state index contributed by atoms with van der Waals surface area (Å²) in [5, 5.41) is 9.05. The molecule has 1 fully saturated rings. The summed E-state index contributed by atoms with van der Waals surface area (Å²) in [6.07, 6.45) is 3.47. The molecule has 0 bridgehead atoms. The number of piperidine rings is 1. The van der Waals surface area contributed by atoms with Crippen LogP contribution in [0.25, 0.3) is 0 Å². The third-order valence-corrected chi connectivity index (χ3v) is 3.26. The van der Waals surface area contributed by atoms with E-state index in [0.717, 1.165) is 32.5 Å². The number of rotatable bonds is 4. The summed E-state index contributed by atoms with van der Waals surface area (Å²) in [5.74, 6) is -0.760. The Bertz CT molecular complexity index is 414. The number of carbonyl (C=O) groups is 1. The molecule has 0 radical (unpaired) electrons. The fourth-order valence-electron chi connectivity index (χ4n) is 2.15. The average Bonchev–Trinajstić information content (AvgIpc) is 2.40. The summed E-state index contributed by atoms with van der Waals surface area (Å²) in [6, 6.07) is 3.13. The number of pyridine rings is 1. The number of hydrogen-bond acceptors (Lipinski definition) is 4. The van der Waals surface area contributed by atoms with E-state index in [1.165, 1.54) is 6.07 Å². The van der Waals surface area contributed by atoms with E-state index in [2.05, 4.69) is 16.8 Å². The van der Waals surface area contributed by atoms with Gasteiger partial charge in [-0.25, -0.2) is 9.78 Å². The molecule has 2 rings (SSSR count). The van der Waals surface area contributed by atoms with Gasteiger partial charge >= 0.3 is 5.97 Å². The Morgan fingerprint density at radius 3 is 2.89 bits per heavy atom. The van der Waals surface area contributed by atoms with Gasteiger partial charge < -0.3 is 14.7 Å². The highest BCUT2D eigenvalue weighted by Crippen LogP contribution is 2.20. The molecule has 98 valence electrons. The van der Waals surface area contributed by atoms with Gasteiger partial charge in [0.05, 0.1) is 0 Å². The Balaban J connectivity index is 2.00. The van der Waals surface area contributed by atoms with Crippen LogP contribution in [0, 0.1) is 0 Å². The third kappa shape index (κ3) is 2.98. The second-order valence-corrected chi connectivity index (χ2v) is 4.41. The van der Waals surface area contributed by atoms with Crippen molar-refractivity contribution in [3.05, 3.63) is 23.9 Å². The lowest BCUT2D eigenvalue weighted by Crippen LogP contribution is -2.38. The van der Waals surface area contributed by atoms with Crippen molar-refractivity contribution in [2.75, 3.05) is 19.6 Å². The minimum absolute atomic E-state index is 0.0702. The molecule has 0 atom stereocenters. The molecule has 5 nitrogen and oxygen atoms in total. The van der Waals surface area contributed by atoms with Crippen LogP contribution in [-0.2, 0) is 0 Å². The lowest BCUT2D eigenvalue weighted by atomic mass is 10.1. The number of carboxylic acids is 1. The molecule has 1 N–H and O–H groups in total. The minimum Gasteiger partial charge on any atom is -0.477 e. The molecule has 0 spiro atoms. The van der Waals surface area contributed by atoms with Crippen LogP contribution in [0.15, 0.2) is 18.3 Å². The van der Waals surface area contributed by atoms with Gasteiger partial charge in [-0.05, 0) is 31.5 Å². The Morgan fingerprint density at radius 2 is 2.28 bits per heavy atom. The number of carboxylic acid groups (broad SMARTS) is 1. The van der Waals surface area contributed by atoms with E-state index >= 15 is 0 Å². The molecule has 1 aromatic rings. The summed E-state index contributed by atoms with van der Waals surface area (Å²) in [7, 11) is 0. The number of likely N-dealkylation sites (tertiary alicyclic amines) is 1. The molecule has 0 saturated carbocycles. The fourth-order valence-corrected chi connectivity index (χ4v) is 2.15. The van der Waals surface area contributed by atoms with Crippen molar-refractivity contribution in [3.8, 4) is 5.88 Å². The van der Waals surface area contributed by atoms with Gasteiger partial charge in [0.25, 0.3) is 0 Å². The second kappa shape index (κ2) is 5.82. The molecule has 18 heavy (non-hydrogen) atoms. The van der Waals surface area contributed by atoms with Crippen LogP contribution in [0.2, 0.25) is 0 Å². The van der Waals surface area contributed by atoms with Crippen LogP contribution < -0.4 is 4.74 Å². The van der Waals surface area contributed by atoms with Gasteiger partial charge in [0.2, 0.25) is 5.88 Å². The maximum absolute atomic E-state index is 11.0. The van der Waals surface area contributed by atoms with Crippen molar-refractivity contribution in [1.29, 1.82) is 0 Å². The highest BCUT2D eigenvalue weighted by Gasteiger charge is 2.22. The Kier molecular flexibility index (Phi) is 4.15. The van der Waals surface area contributed by atoms with Gasteiger partial charge in [0.15, 0.2) is 0 Å². The van der Waals surface area contributed by atoms with Gasteiger partial charge in [-0.1, -0.05) is 6.92 Å². The van der Waals surface area contributed by atoms with E-state index in [4.69, 9.17) is 9.84 Å². The van der Waals surface area contributed by atoms with E-state index in [1.807, 2.05) is 0 Å². The first-order chi connectivity index (χ1) is 8.70. The van der Waals surface area contributed by atoms with Gasteiger partial charge in [-0.2, -0.15) is 0 Å². The highest BCUT2D eigenvalue weighted by molar-refractivity contribution is 5.90. The van der Waals surface area contributed by atoms with E-state index in [-0.39, 0.29) is 17.5 Å². The summed E-state index contributed by atoms with van der Waals surface area (Å²) in [5.41, 5.74) is 0.135. The molecular formula is C13H18N2O3. The first-order valence-corrected chi connectivity index (χ1v) is 6.28. The zero-order valence-corrected chi connectivity index (χ0v) is 10.5. The van der Waals surface area contributed by atoms with Crippen LogP contribution in [0.5, 0.6) is 5.88 Å². The Labute approximate surface area is 106 Å². The molecule has 5 heteroatoms. The molecule has 2 heterocycles. The first kappa shape index (κ1) is 12.8. The molecule has 0 aliphatic carbocycles. The van der Waals surface area contributed by atoms with Crippen molar-refractivity contribution in [2.45, 2.75) is 25.9 Å². The second-order valence-electron chi connectivity index (χ2n) is 4.41. The monoisotopic (exact) mass is 250 g/mol. The van der Waals surface area contributed by atoms with E-state index in [9.17, 15) is 4.79 Å². The first-order valence-electron chi connectivity index (χ1n) is 6.28. The molecular weight excluding hydrogens is 232 g/mol. The van der Waals surface area contributed by atoms with Gasteiger partial charge in [0.1, 0.15) is 11.7 Å². The van der Waals surface area contributed by atoms with E-state index in [1.54, 1.807) is 12.3 Å². The maximum atomic E-state index is 11.0. The van der Waals surface area contributed by atoms with Crippen molar-refractivity contribution < 1.29 is 14.6 Å². The molecule has 1 aliphatic rings. The third-order valence-electron chi connectivity index (χ3n) is 3.26. The van der Waals surface area contributed by atoms with Gasteiger partial charge in [-0.15, -0.1) is 0 Å². The SMILES string of the molecule is CCN1CCC(Oc2ncccc2C(=O)O)CC1. The summed E-state index contributed by atoms with van der Waals surface area (Å²) < 4.78 is 5.72. The Morgan fingerprint density at radius 1 is 1.56 bits per heavy atom. The van der Waals surface area contributed by atoms with Crippen LogP contribution in [-0.4, -0.2) is 46.7 Å². The lowest BCUT2D eigenvalue weighted by Gasteiger charge is -2.31. The van der Waals surface area contributed by atoms with Crippen LogP contribution in [0.3, 0.4) is 0 Å². The highest BCUT2D eigenvalue weighted by atomic mass is 16.5. The molecule has 0 aromatic carbocycles. The van der Waals surface area contributed by atoms with E-state index < -0.39 is 5.97 Å². The van der Waals surface area contributed by atoms with Crippen LogP contribution in [0.4, 0.5) is 0 Å². The predicted molar refractivity (Wildman–Crippen MR) is 67.0 cm³/mol. The quantitative estimate of drug-likeness (QED) is 0.880. The van der Waals surface area contributed by atoms with Gasteiger partial charge in [-0.3, -0.25) is 0 Å². The molecule has 0 unspecified atom stereocenters. The molecule has 1 aliphatic heterocycles. The van der Waals surface area contributed by atoms with Crippen molar-refractivity contribution in [3.63, 3.8) is 0 Å². The Hall–Kier alpha value is -1.62. The zero-order valence-electron chi connectivity index (χ0n) is 10.5. The molecule has 0 amide bonds. The number of nitrogens with zero attached hydrogens (tertiary/aromatic N) is 2. The minimum atomic E-state index is -0.996. The zero-order chi connectivity index (χ0) is 13.0. The maximum Gasteiger partial charge on any atom is 0.341 e. The topological polar surface area (TPSA) is 62.7 Å². The normalized spacial score (nSPS) is 17.6. The van der Waals surface area contributed by atoms with Crippen LogP contribution in [0.1, 0.15) is 30.1 Å². The number of ether oxygens (including phenoxy) is 1. The summed E-state index contributed by atoms with van der Waals surface area (Å²) in [6.45, 7) is 5.19. The van der Waals surface area contributed by atoms with Crippen molar-refractivity contribution in [2.24, 2.45) is 0 Å². The largest absolute Gasteiger partial charge is 0.477 e. The smallest absolute Gasteiger partial charge is 0.341 e. The number of hydrogen-bond donors (Lipinski definition) is 1. The number of aromatic nitrogens is 1. The van der Waals surface area contributed by atoms with Crippen molar-refractivity contribution >= 4 is 5.97 Å². The van der Waals surface area contributed by atoms with Crippen LogP contribution >= 0.6 is 0 Å². The number of aromatic carboxylic acids is 1. The molecule has 1 saturated heterocycles. The fraction of sp³-hybridized carbons (Fsp3) is 0.538. The lowest BCUT2D eigenvalue weighted by molar-refractivity contribution is 0.0674.